The predicted molar refractivity (Wildman–Crippen MR) is 137 cm³/mol. The second-order valence-electron chi connectivity index (χ2n) is 9.52. The Morgan fingerprint density at radius 2 is 1.68 bits per heavy atom. The van der Waals surface area contributed by atoms with Crippen LogP contribution in [0.4, 0.5) is 0 Å². The third kappa shape index (κ3) is 7.42. The first-order valence-corrected chi connectivity index (χ1v) is 12.7. The van der Waals surface area contributed by atoms with E-state index in [9.17, 15) is 24.3 Å². The van der Waals surface area contributed by atoms with Crippen molar-refractivity contribution in [1.82, 2.24) is 15.1 Å². The molecule has 1 aromatic rings. The number of hydrogen-bond donors (Lipinski definition) is 5. The van der Waals surface area contributed by atoms with Crippen molar-refractivity contribution < 1.29 is 24.3 Å². The number of carbonyl (C=O) groups is 4. The molecule has 3 amide bonds. The number of guanidine groups is 1. The van der Waals surface area contributed by atoms with Crippen LogP contribution in [-0.4, -0.2) is 88.4 Å². The van der Waals surface area contributed by atoms with Crippen molar-refractivity contribution in [3.63, 3.8) is 0 Å². The lowest BCUT2D eigenvalue weighted by Crippen LogP contribution is -2.57. The van der Waals surface area contributed by atoms with E-state index in [0.29, 0.717) is 51.6 Å². The van der Waals surface area contributed by atoms with Crippen molar-refractivity contribution in [2.45, 2.75) is 69.1 Å². The highest BCUT2D eigenvalue weighted by Gasteiger charge is 2.43. The molecule has 3 rings (SSSR count). The highest BCUT2D eigenvalue weighted by atomic mass is 16.4. The van der Waals surface area contributed by atoms with E-state index < -0.39 is 42.0 Å². The number of carboxylic acid groups (broad SMARTS) is 1. The molecule has 8 N–H and O–H groups in total. The Labute approximate surface area is 216 Å². The monoisotopic (exact) mass is 515 g/mol. The van der Waals surface area contributed by atoms with Gasteiger partial charge in [0.25, 0.3) is 0 Å². The summed E-state index contributed by atoms with van der Waals surface area (Å²) in [5, 5.41) is 12.3. The molecule has 0 saturated carbocycles. The molecule has 0 aliphatic carbocycles. The molecule has 12 nitrogen and oxygen atoms in total. The fraction of sp³-hybridized carbons (Fsp3) is 0.560. The molecule has 202 valence electrons. The lowest BCUT2D eigenvalue weighted by atomic mass is 10.0. The molecule has 12 heteroatoms. The van der Waals surface area contributed by atoms with Gasteiger partial charge in [-0.05, 0) is 50.5 Å². The summed E-state index contributed by atoms with van der Waals surface area (Å²) in [4.78, 5) is 58.2. The number of hydrogen-bond acceptors (Lipinski definition) is 6. The van der Waals surface area contributed by atoms with Crippen molar-refractivity contribution in [1.29, 1.82) is 0 Å². The van der Waals surface area contributed by atoms with Gasteiger partial charge in [0.1, 0.15) is 18.1 Å². The number of carboxylic acids is 1. The van der Waals surface area contributed by atoms with Gasteiger partial charge >= 0.3 is 5.97 Å². The van der Waals surface area contributed by atoms with Crippen molar-refractivity contribution in [3.05, 3.63) is 35.9 Å². The van der Waals surface area contributed by atoms with Crippen LogP contribution in [0.5, 0.6) is 0 Å². The van der Waals surface area contributed by atoms with E-state index >= 15 is 0 Å². The van der Waals surface area contributed by atoms with Crippen LogP contribution in [0, 0.1) is 0 Å². The maximum atomic E-state index is 13.6. The minimum Gasteiger partial charge on any atom is -0.480 e. The molecular formula is C25H37N7O5. The normalized spacial score (nSPS) is 20.8. The number of rotatable bonds is 11. The minimum atomic E-state index is -1.04. The average molecular weight is 516 g/mol. The molecule has 2 fully saturated rings. The second-order valence-corrected chi connectivity index (χ2v) is 9.52. The molecule has 4 unspecified atom stereocenters. The van der Waals surface area contributed by atoms with Crippen molar-refractivity contribution in [2.24, 2.45) is 22.2 Å². The van der Waals surface area contributed by atoms with E-state index in [1.807, 2.05) is 30.3 Å². The largest absolute Gasteiger partial charge is 0.480 e. The summed E-state index contributed by atoms with van der Waals surface area (Å²) < 4.78 is 0. The zero-order valence-corrected chi connectivity index (χ0v) is 20.9. The Morgan fingerprint density at radius 1 is 1.03 bits per heavy atom. The van der Waals surface area contributed by atoms with Crippen LogP contribution in [0.15, 0.2) is 35.3 Å². The first-order chi connectivity index (χ1) is 17.7. The molecule has 0 radical (unpaired) electrons. The number of carbonyl (C=O) groups excluding carboxylic acids is 3. The molecule has 4 atom stereocenters. The van der Waals surface area contributed by atoms with Gasteiger partial charge in [0.2, 0.25) is 17.7 Å². The van der Waals surface area contributed by atoms with Crippen LogP contribution in [0.1, 0.15) is 44.1 Å². The highest BCUT2D eigenvalue weighted by Crippen LogP contribution is 2.26. The molecule has 2 heterocycles. The van der Waals surface area contributed by atoms with Crippen molar-refractivity contribution in [3.8, 4) is 0 Å². The summed E-state index contributed by atoms with van der Waals surface area (Å²) in [6, 6.07) is 5.89. The molecular weight excluding hydrogens is 478 g/mol. The van der Waals surface area contributed by atoms with Crippen LogP contribution in [0.3, 0.4) is 0 Å². The van der Waals surface area contributed by atoms with Crippen molar-refractivity contribution >= 4 is 29.7 Å². The minimum absolute atomic E-state index is 0.0689. The van der Waals surface area contributed by atoms with E-state index in [1.54, 1.807) is 0 Å². The van der Waals surface area contributed by atoms with Crippen molar-refractivity contribution in [2.75, 3.05) is 19.6 Å². The molecule has 2 aliphatic heterocycles. The number of nitrogens with two attached hydrogens (primary N) is 3. The standard InChI is InChI=1S/C25H37N7O5/c26-17(15-16-7-2-1-3-8-16)21(33)30-18(9-4-12-29-25(27)28)22(34)31-13-5-10-19(31)23(35)32-14-6-11-20(32)24(36)37/h1-3,7-8,17-20H,4-6,9-15,26H2,(H,30,33)(H,36,37)(H4,27,28,29). The summed E-state index contributed by atoms with van der Waals surface area (Å²) in [6.07, 6.45) is 3.01. The van der Waals surface area contributed by atoms with Gasteiger partial charge < -0.3 is 37.4 Å². The van der Waals surface area contributed by atoms with Gasteiger partial charge in [-0.25, -0.2) is 4.79 Å². The van der Waals surface area contributed by atoms with Gasteiger partial charge in [-0.2, -0.15) is 0 Å². The van der Waals surface area contributed by atoms with Crippen LogP contribution in [-0.2, 0) is 25.6 Å². The van der Waals surface area contributed by atoms with E-state index in [-0.39, 0.29) is 24.8 Å². The molecule has 2 aliphatic rings. The molecule has 2 saturated heterocycles. The zero-order chi connectivity index (χ0) is 26.9. The summed E-state index contributed by atoms with van der Waals surface area (Å²) in [6.45, 7) is 0.965. The Morgan fingerprint density at radius 3 is 2.32 bits per heavy atom. The average Bonchev–Trinajstić information content (AvgIpc) is 3.56. The van der Waals surface area contributed by atoms with Crippen LogP contribution >= 0.6 is 0 Å². The topological polar surface area (TPSA) is 197 Å². The summed E-state index contributed by atoms with van der Waals surface area (Å²) in [5.74, 6) is -2.34. The number of nitrogens with zero attached hydrogens (tertiary/aromatic N) is 3. The molecule has 0 spiro atoms. The Bertz CT molecular complexity index is 998. The second kappa shape index (κ2) is 13.0. The summed E-state index contributed by atoms with van der Waals surface area (Å²) in [5.41, 5.74) is 17.8. The third-order valence-corrected chi connectivity index (χ3v) is 6.84. The number of aliphatic carboxylic acids is 1. The van der Waals surface area contributed by atoms with Crippen LogP contribution < -0.4 is 22.5 Å². The third-order valence-electron chi connectivity index (χ3n) is 6.84. The van der Waals surface area contributed by atoms with Crippen LogP contribution in [0.2, 0.25) is 0 Å². The number of likely N-dealkylation sites (tertiary alicyclic amines) is 2. The fourth-order valence-corrected chi connectivity index (χ4v) is 4.97. The van der Waals surface area contributed by atoms with Gasteiger partial charge in [-0.1, -0.05) is 30.3 Å². The lowest BCUT2D eigenvalue weighted by Gasteiger charge is -2.32. The lowest BCUT2D eigenvalue weighted by molar-refractivity contribution is -0.152. The van der Waals surface area contributed by atoms with E-state index in [2.05, 4.69) is 10.3 Å². The Balaban J connectivity index is 1.71. The smallest absolute Gasteiger partial charge is 0.326 e. The quantitative estimate of drug-likeness (QED) is 0.143. The summed E-state index contributed by atoms with van der Waals surface area (Å²) in [7, 11) is 0. The van der Waals surface area contributed by atoms with E-state index in [0.717, 1.165) is 5.56 Å². The fourth-order valence-electron chi connectivity index (χ4n) is 4.97. The van der Waals surface area contributed by atoms with Gasteiger partial charge in [-0.3, -0.25) is 19.4 Å². The maximum Gasteiger partial charge on any atom is 0.326 e. The van der Waals surface area contributed by atoms with Gasteiger partial charge in [0.15, 0.2) is 5.96 Å². The van der Waals surface area contributed by atoms with Gasteiger partial charge in [0, 0.05) is 19.6 Å². The Hall–Kier alpha value is -3.67. The first-order valence-electron chi connectivity index (χ1n) is 12.7. The number of nitrogens with one attached hydrogen (secondary N) is 1. The SMILES string of the molecule is NC(N)=NCCCC(NC(=O)C(N)Cc1ccccc1)C(=O)N1CCCC1C(=O)N1CCCC1C(=O)O. The molecule has 1 aromatic carbocycles. The number of benzene rings is 1. The summed E-state index contributed by atoms with van der Waals surface area (Å²) >= 11 is 0. The maximum absolute atomic E-state index is 13.6. The first kappa shape index (κ1) is 27.9. The number of aliphatic imine (C=N–C) groups is 1. The number of amides is 3. The van der Waals surface area contributed by atoms with E-state index in [1.165, 1.54) is 9.80 Å². The highest BCUT2D eigenvalue weighted by molar-refractivity contribution is 5.94. The Kier molecular flexibility index (Phi) is 9.84. The zero-order valence-electron chi connectivity index (χ0n) is 20.9. The van der Waals surface area contributed by atoms with Gasteiger partial charge in [0.05, 0.1) is 6.04 Å². The van der Waals surface area contributed by atoms with Gasteiger partial charge in [-0.15, -0.1) is 0 Å². The molecule has 37 heavy (non-hydrogen) atoms. The predicted octanol–water partition coefficient (Wildman–Crippen LogP) is -0.839. The van der Waals surface area contributed by atoms with Crippen LogP contribution in [0.25, 0.3) is 0 Å². The van der Waals surface area contributed by atoms with E-state index in [4.69, 9.17) is 17.2 Å². The molecule has 0 bridgehead atoms. The molecule has 0 aromatic heterocycles.